The van der Waals surface area contributed by atoms with E-state index in [2.05, 4.69) is 52.0 Å². The maximum atomic E-state index is 12.1. The topological polar surface area (TPSA) is 438 Å². The number of azo groups is 4. The second-order valence-corrected chi connectivity index (χ2v) is 27.9. The first-order valence-corrected chi connectivity index (χ1v) is 34.8. The Balaban J connectivity index is 0.00000293. The quantitative estimate of drug-likeness (QED) is 0.0154. The number of pyridine rings is 1. The Kier molecular flexibility index (Phi) is 23.5. The second-order valence-electron chi connectivity index (χ2n) is 18.7. The van der Waals surface area contributed by atoms with Crippen LogP contribution in [0.5, 0.6) is 11.6 Å². The second kappa shape index (κ2) is 29.7. The molecule has 5 N–H and O–H groups in total. The lowest BCUT2D eigenvalue weighted by Crippen LogP contribution is -2.06. The Morgan fingerprint density at radius 1 is 0.598 bits per heavy atom. The van der Waals surface area contributed by atoms with Crippen LogP contribution in [0.1, 0.15) is 59.1 Å². The minimum Gasteiger partial charge on any atom is -0.493 e. The van der Waals surface area contributed by atoms with Gasteiger partial charge in [0.15, 0.2) is 11.3 Å². The van der Waals surface area contributed by atoms with Crippen molar-refractivity contribution >= 4 is 148 Å². The SMILES string of the molecule is Cc1cc(N=Nc2cc(SCCCS(=O)(=O)O)c(N=Nc3cc(OCCCCS(=O)(=O)O)c(N=Nc4c(C)c(C#N)c5nc6c(C)c(S(=O)(=O)O)ccc6n5c4O)cc3C)cc2C)c(SCCCS(=O)(=O)O)cc1N=Nc1ccc(Cl)cc1.O=S(=O)=O. The minimum atomic E-state index is -4.66. The number of hydrogen-bond donors (Lipinski definition) is 5. The lowest BCUT2D eigenvalue weighted by Gasteiger charge is -2.12. The molecule has 0 aliphatic carbocycles. The summed E-state index contributed by atoms with van der Waals surface area (Å²) in [7, 11) is -20.5. The van der Waals surface area contributed by atoms with Gasteiger partial charge in [0, 0.05) is 26.4 Å². The number of aryl methyl sites for hydroxylation is 4. The Bertz CT molecular complexity index is 4560. The van der Waals surface area contributed by atoms with Crippen molar-refractivity contribution in [2.45, 2.75) is 75.0 Å². The predicted octanol–water partition coefficient (Wildman–Crippen LogP) is 13.0. The van der Waals surface area contributed by atoms with E-state index in [1.165, 1.54) is 53.9 Å². The van der Waals surface area contributed by atoms with Gasteiger partial charge in [-0.25, -0.2) is 4.98 Å². The van der Waals surface area contributed by atoms with E-state index in [-0.39, 0.29) is 100.0 Å². The fourth-order valence-corrected chi connectivity index (χ4v) is 12.7. The maximum Gasteiger partial charge on any atom is 0.425 e. The number of nitrogens with zero attached hydrogens (tertiary/aromatic N) is 11. The maximum absolute atomic E-state index is 12.1. The predicted molar refractivity (Wildman–Crippen MR) is 324 cm³/mol. The van der Waals surface area contributed by atoms with Gasteiger partial charge in [-0.1, -0.05) is 11.6 Å². The normalized spacial score (nSPS) is 12.5. The van der Waals surface area contributed by atoms with Crippen LogP contribution in [0.2, 0.25) is 5.02 Å². The first-order valence-electron chi connectivity index (χ1n) is 25.2. The number of halogens is 1. The van der Waals surface area contributed by atoms with E-state index in [0.717, 1.165) is 6.07 Å². The van der Waals surface area contributed by atoms with Gasteiger partial charge in [0.1, 0.15) is 23.1 Å². The summed E-state index contributed by atoms with van der Waals surface area (Å²) in [6.45, 7) is 8.07. The lowest BCUT2D eigenvalue weighted by molar-refractivity contribution is 0.310. The molecule has 5 aromatic carbocycles. The first kappa shape index (κ1) is 68.9. The van der Waals surface area contributed by atoms with Gasteiger partial charge in [-0.3, -0.25) is 22.6 Å². The smallest absolute Gasteiger partial charge is 0.425 e. The average Bonchev–Trinajstić information content (AvgIpc) is 1.61. The van der Waals surface area contributed by atoms with E-state index in [1.54, 1.807) is 75.4 Å². The van der Waals surface area contributed by atoms with Gasteiger partial charge in [-0.2, -0.15) is 59.4 Å². The van der Waals surface area contributed by atoms with Crippen molar-refractivity contribution in [2.75, 3.05) is 35.4 Å². The van der Waals surface area contributed by atoms with Crippen LogP contribution >= 0.6 is 35.1 Å². The van der Waals surface area contributed by atoms with Crippen molar-refractivity contribution in [1.29, 1.82) is 5.26 Å². The zero-order valence-corrected chi connectivity index (χ0v) is 52.8. The number of rotatable bonds is 25. The highest BCUT2D eigenvalue weighted by Gasteiger charge is 2.25. The summed E-state index contributed by atoms with van der Waals surface area (Å²) in [5, 5.41) is 58.4. The molecule has 462 valence electrons. The molecule has 0 radical (unpaired) electrons. The number of nitriles is 1. The van der Waals surface area contributed by atoms with Gasteiger partial charge in [0.05, 0.1) is 73.9 Å². The van der Waals surface area contributed by atoms with Crippen LogP contribution in [0, 0.1) is 45.9 Å². The Hall–Kier alpha value is -7.21. The molecule has 0 aliphatic heterocycles. The van der Waals surface area contributed by atoms with Crippen LogP contribution in [0.15, 0.2) is 128 Å². The van der Waals surface area contributed by atoms with Gasteiger partial charge in [-0.05, 0) is 161 Å². The molecule has 0 fully saturated rings. The molecule has 2 heterocycles. The number of fused-ring (bicyclic) bond motifs is 3. The number of hydrogen-bond acceptors (Lipinski definition) is 25. The van der Waals surface area contributed by atoms with Crippen molar-refractivity contribution in [1.82, 2.24) is 9.38 Å². The summed E-state index contributed by atoms with van der Waals surface area (Å²) < 4.78 is 164. The molecule has 0 bridgehead atoms. The molecule has 28 nitrogen and oxygen atoms in total. The Morgan fingerprint density at radius 2 is 1.06 bits per heavy atom. The summed E-state index contributed by atoms with van der Waals surface area (Å²) in [6.07, 6.45) is 0.380. The van der Waals surface area contributed by atoms with Gasteiger partial charge in [0.25, 0.3) is 40.5 Å². The number of benzene rings is 5. The molecule has 0 saturated heterocycles. The van der Waals surface area contributed by atoms with Crippen LogP contribution in [-0.4, -0.2) is 114 Å². The number of aromatic nitrogens is 2. The summed E-state index contributed by atoms with van der Waals surface area (Å²) in [5.74, 6) is -1.45. The van der Waals surface area contributed by atoms with Crippen molar-refractivity contribution in [2.24, 2.45) is 40.9 Å². The molecular formula is C51H52ClN11O17S7. The van der Waals surface area contributed by atoms with Crippen LogP contribution in [0.3, 0.4) is 0 Å². The fraction of sp³-hybridized carbons (Fsp3) is 0.294. The van der Waals surface area contributed by atoms with Crippen molar-refractivity contribution in [3.8, 4) is 17.7 Å². The summed E-state index contributed by atoms with van der Waals surface area (Å²) in [6, 6.07) is 21.1. The summed E-state index contributed by atoms with van der Waals surface area (Å²) >= 11 is 8.51. The molecule has 0 aliphatic rings. The van der Waals surface area contributed by atoms with E-state index < -0.39 is 79.1 Å². The molecule has 0 amide bonds. The molecule has 36 heteroatoms. The Morgan fingerprint density at radius 3 is 1.55 bits per heavy atom. The molecule has 0 unspecified atom stereocenters. The summed E-state index contributed by atoms with van der Waals surface area (Å²) in [5.41, 5.74) is 4.51. The van der Waals surface area contributed by atoms with Gasteiger partial charge < -0.3 is 9.84 Å². The van der Waals surface area contributed by atoms with Gasteiger partial charge in [0.2, 0.25) is 5.88 Å². The molecular weight excluding hydrogens is 1300 g/mol. The molecule has 7 rings (SSSR count). The molecule has 0 saturated carbocycles. The average molecular weight is 1350 g/mol. The van der Waals surface area contributed by atoms with Gasteiger partial charge in [-0.15, -0.1) is 56.6 Å². The molecule has 2 aromatic heterocycles. The standard InChI is InChI=1S/C51H52ClN11O14S6.O3S/c1-29-22-40(59-62-49-32(4)36(28-53)50-54-48-33(5)47(83(74,75)76)15-14-43(48)63(50)51(49)64)44(77-16-6-7-19-80(65,66)67)25-37(29)57-60-41-24-31(3)39(27-46(41)79-18-9-21-82(71,72)73)58-61-42-23-30(2)38(56-55-35-12-10-34(52)11-13-35)26-45(42)78-17-8-20-81(68,69)70;1-4(2)3/h10-15,22-27,64H,6-9,16-21H2,1-5H3,(H,65,66,67)(H,68,69,70)(H,71,72,73)(H,74,75,76);. The third-order valence-electron chi connectivity index (χ3n) is 12.2. The minimum absolute atomic E-state index is 0.0214. The van der Waals surface area contributed by atoms with E-state index >= 15 is 0 Å². The van der Waals surface area contributed by atoms with Gasteiger partial charge >= 0.3 is 10.6 Å². The highest BCUT2D eigenvalue weighted by atomic mass is 35.5. The molecule has 0 atom stereocenters. The largest absolute Gasteiger partial charge is 0.493 e. The Labute approximate surface area is 514 Å². The lowest BCUT2D eigenvalue weighted by atomic mass is 10.1. The number of thioether (sulfide) groups is 2. The zero-order valence-electron chi connectivity index (χ0n) is 46.3. The summed E-state index contributed by atoms with van der Waals surface area (Å²) in [4.78, 5) is 5.10. The van der Waals surface area contributed by atoms with Crippen molar-refractivity contribution in [3.63, 3.8) is 0 Å². The van der Waals surface area contributed by atoms with Crippen LogP contribution in [0.25, 0.3) is 16.7 Å². The van der Waals surface area contributed by atoms with E-state index in [0.29, 0.717) is 59.9 Å². The zero-order chi connectivity index (χ0) is 64.2. The van der Waals surface area contributed by atoms with Crippen molar-refractivity contribution in [3.05, 3.63) is 111 Å². The first-order chi connectivity index (χ1) is 40.7. The van der Waals surface area contributed by atoms with E-state index in [1.807, 2.05) is 0 Å². The number of imidazole rings is 1. The molecule has 7 aromatic rings. The number of aromatic hydroxyl groups is 1. The van der Waals surface area contributed by atoms with Crippen LogP contribution in [-0.2, 0) is 51.1 Å². The van der Waals surface area contributed by atoms with E-state index in [4.69, 9.17) is 29.0 Å². The third-order valence-corrected chi connectivity index (χ3v) is 18.1. The van der Waals surface area contributed by atoms with E-state index in [9.17, 15) is 62.3 Å². The highest BCUT2D eigenvalue weighted by molar-refractivity contribution is 7.99. The molecule has 87 heavy (non-hydrogen) atoms. The third kappa shape index (κ3) is 19.9. The van der Waals surface area contributed by atoms with Crippen LogP contribution in [0.4, 0.5) is 45.5 Å². The van der Waals surface area contributed by atoms with Crippen molar-refractivity contribution < 1.29 is 74.4 Å². The molecule has 0 spiro atoms. The monoisotopic (exact) mass is 1350 g/mol. The van der Waals surface area contributed by atoms with Crippen LogP contribution < -0.4 is 4.74 Å². The highest BCUT2D eigenvalue weighted by Crippen LogP contribution is 2.44. The number of unbranched alkanes of at least 4 members (excludes halogenated alkanes) is 1. The fourth-order valence-electron chi connectivity index (χ4n) is 7.98. The number of ether oxygens (including phenoxy) is 1.